The minimum absolute atomic E-state index is 0.0414. The fraction of sp³-hybridized carbons (Fsp3) is 0.303. The second kappa shape index (κ2) is 14.5. The Morgan fingerprint density at radius 1 is 1.09 bits per heavy atom. The Balaban J connectivity index is 1.30. The lowest BCUT2D eigenvalue weighted by Crippen LogP contribution is -2.34. The van der Waals surface area contributed by atoms with Crippen molar-refractivity contribution in [2.24, 2.45) is 16.8 Å². The van der Waals surface area contributed by atoms with Gasteiger partial charge in [0.2, 0.25) is 0 Å². The van der Waals surface area contributed by atoms with Gasteiger partial charge in [-0.1, -0.05) is 18.5 Å². The maximum Gasteiger partial charge on any atom is 0.340 e. The van der Waals surface area contributed by atoms with Crippen LogP contribution in [-0.2, 0) is 0 Å². The Hall–Kier alpha value is -4.48. The number of ether oxygens (including phenoxy) is 3. The van der Waals surface area contributed by atoms with Gasteiger partial charge in [-0.05, 0) is 80.7 Å². The number of piperidine rings is 1. The molecular formula is C33H34ClF2N5O4. The summed E-state index contributed by atoms with van der Waals surface area (Å²) in [4.78, 5) is 19.0. The SMILES string of the molecule is COc1cc2c(Oc3ccc(N(N=Cc4ccc(F)cc4Cl)C(N)=O)cc3F)ccnc2cc1OCCCN1CCC(C)CC1. The first-order valence-electron chi connectivity index (χ1n) is 14.6. The highest BCUT2D eigenvalue weighted by molar-refractivity contribution is 6.33. The van der Waals surface area contributed by atoms with Crippen LogP contribution in [0.5, 0.6) is 23.0 Å². The molecule has 9 nitrogen and oxygen atoms in total. The van der Waals surface area contributed by atoms with Gasteiger partial charge in [-0.25, -0.2) is 13.6 Å². The Labute approximate surface area is 265 Å². The third kappa shape index (κ3) is 7.98. The molecule has 1 aliphatic rings. The Kier molecular flexibility index (Phi) is 10.3. The van der Waals surface area contributed by atoms with Crippen molar-refractivity contribution in [1.82, 2.24) is 9.88 Å². The fourth-order valence-electron chi connectivity index (χ4n) is 5.05. The zero-order valence-corrected chi connectivity index (χ0v) is 25.8. The summed E-state index contributed by atoms with van der Waals surface area (Å²) in [6, 6.07) is 11.7. The van der Waals surface area contributed by atoms with Crippen molar-refractivity contribution >= 4 is 40.4 Å². The summed E-state index contributed by atoms with van der Waals surface area (Å²) in [5.41, 5.74) is 6.44. The van der Waals surface area contributed by atoms with Gasteiger partial charge < -0.3 is 24.8 Å². The third-order valence-corrected chi connectivity index (χ3v) is 7.93. The summed E-state index contributed by atoms with van der Waals surface area (Å²) < 4.78 is 46.2. The number of primary amides is 1. The third-order valence-electron chi connectivity index (χ3n) is 7.60. The molecule has 0 spiro atoms. The summed E-state index contributed by atoms with van der Waals surface area (Å²) in [5, 5.41) is 5.47. The van der Waals surface area contributed by atoms with Gasteiger partial charge in [0, 0.05) is 35.8 Å². The quantitative estimate of drug-likeness (QED) is 0.105. The van der Waals surface area contributed by atoms with Crippen molar-refractivity contribution in [1.29, 1.82) is 0 Å². The van der Waals surface area contributed by atoms with Gasteiger partial charge in [0.15, 0.2) is 23.1 Å². The van der Waals surface area contributed by atoms with Crippen LogP contribution < -0.4 is 25.0 Å². The molecule has 0 aliphatic carbocycles. The normalized spacial score (nSPS) is 14.2. The number of halogens is 3. The molecule has 1 saturated heterocycles. The van der Waals surface area contributed by atoms with Gasteiger partial charge in [-0.3, -0.25) is 4.98 Å². The standard InChI is InChI=1S/C33H34ClF2N5O4/c1-21-9-13-40(14-10-21)12-3-15-44-32-19-28-25(18-31(32)43-2)29(8-11-38-28)45-30-7-6-24(17-27(30)36)41(33(37)42)39-20-22-4-5-23(35)16-26(22)34/h4-8,11,16-21H,3,9-10,12-15H2,1-2H3,(H2,37,42). The Morgan fingerprint density at radius 3 is 2.60 bits per heavy atom. The molecule has 4 aromatic rings. The molecule has 2 N–H and O–H groups in total. The number of methoxy groups -OCH3 is 1. The van der Waals surface area contributed by atoms with Crippen LogP contribution in [0.4, 0.5) is 19.3 Å². The number of urea groups is 1. The molecule has 0 atom stereocenters. The summed E-state index contributed by atoms with van der Waals surface area (Å²) in [5.74, 6) is 0.798. The number of nitrogens with two attached hydrogens (primary N) is 1. The molecule has 0 unspecified atom stereocenters. The monoisotopic (exact) mass is 637 g/mol. The van der Waals surface area contributed by atoms with Gasteiger partial charge >= 0.3 is 6.03 Å². The number of likely N-dealkylation sites (tertiary alicyclic amines) is 1. The number of pyridine rings is 1. The number of benzene rings is 3. The summed E-state index contributed by atoms with van der Waals surface area (Å²) in [6.07, 6.45) is 6.14. The van der Waals surface area contributed by atoms with E-state index in [-0.39, 0.29) is 16.5 Å². The van der Waals surface area contributed by atoms with Crippen molar-refractivity contribution in [3.8, 4) is 23.0 Å². The largest absolute Gasteiger partial charge is 0.493 e. The number of rotatable bonds is 11. The van der Waals surface area contributed by atoms with E-state index in [1.807, 2.05) is 0 Å². The highest BCUT2D eigenvalue weighted by Gasteiger charge is 2.18. The van der Waals surface area contributed by atoms with E-state index in [9.17, 15) is 9.18 Å². The molecular weight excluding hydrogens is 604 g/mol. The number of hydrazone groups is 1. The second-order valence-corrected chi connectivity index (χ2v) is 11.2. The van der Waals surface area contributed by atoms with E-state index < -0.39 is 17.7 Å². The summed E-state index contributed by atoms with van der Waals surface area (Å²) in [6.45, 7) is 6.07. The highest BCUT2D eigenvalue weighted by atomic mass is 35.5. The maximum atomic E-state index is 15.3. The molecule has 1 aromatic heterocycles. The molecule has 0 saturated carbocycles. The van der Waals surface area contributed by atoms with E-state index in [0.717, 1.165) is 49.1 Å². The highest BCUT2D eigenvalue weighted by Crippen LogP contribution is 2.38. The number of carbonyl (C=O) groups excluding carboxylic acids is 1. The molecule has 3 aromatic carbocycles. The van der Waals surface area contributed by atoms with Crippen LogP contribution in [0, 0.1) is 17.6 Å². The predicted molar refractivity (Wildman–Crippen MR) is 171 cm³/mol. The molecule has 2 heterocycles. The van der Waals surface area contributed by atoms with Crippen LogP contribution in [0.1, 0.15) is 31.7 Å². The number of amides is 2. The van der Waals surface area contributed by atoms with Crippen LogP contribution in [0.3, 0.4) is 0 Å². The lowest BCUT2D eigenvalue weighted by molar-refractivity contribution is 0.176. The van der Waals surface area contributed by atoms with Gasteiger partial charge in [0.25, 0.3) is 0 Å². The summed E-state index contributed by atoms with van der Waals surface area (Å²) in [7, 11) is 1.55. The number of fused-ring (bicyclic) bond motifs is 1. The average molecular weight is 638 g/mol. The minimum Gasteiger partial charge on any atom is -0.493 e. The van der Waals surface area contributed by atoms with Crippen molar-refractivity contribution in [2.75, 3.05) is 38.4 Å². The van der Waals surface area contributed by atoms with Crippen LogP contribution >= 0.6 is 11.6 Å². The number of aromatic nitrogens is 1. The van der Waals surface area contributed by atoms with E-state index in [1.54, 1.807) is 31.5 Å². The first kappa shape index (κ1) is 31.9. The van der Waals surface area contributed by atoms with Crippen molar-refractivity contribution < 1.29 is 27.8 Å². The van der Waals surface area contributed by atoms with E-state index in [1.165, 1.54) is 43.3 Å². The Bertz CT molecular complexity index is 1700. The van der Waals surface area contributed by atoms with Crippen molar-refractivity contribution in [3.05, 3.63) is 83.0 Å². The van der Waals surface area contributed by atoms with Gasteiger partial charge in [-0.2, -0.15) is 10.1 Å². The van der Waals surface area contributed by atoms with E-state index in [2.05, 4.69) is 21.9 Å². The topological polar surface area (TPSA) is 103 Å². The van der Waals surface area contributed by atoms with E-state index in [4.69, 9.17) is 31.5 Å². The van der Waals surface area contributed by atoms with Crippen molar-refractivity contribution in [3.63, 3.8) is 0 Å². The predicted octanol–water partition coefficient (Wildman–Crippen LogP) is 7.39. The number of hydrogen-bond donors (Lipinski definition) is 1. The van der Waals surface area contributed by atoms with Crippen LogP contribution in [0.25, 0.3) is 10.9 Å². The molecule has 0 bridgehead atoms. The first-order valence-corrected chi connectivity index (χ1v) is 15.0. The molecule has 1 fully saturated rings. The molecule has 0 radical (unpaired) electrons. The molecule has 236 valence electrons. The molecule has 12 heteroatoms. The lowest BCUT2D eigenvalue weighted by atomic mass is 9.99. The fourth-order valence-corrected chi connectivity index (χ4v) is 5.26. The number of hydrogen-bond acceptors (Lipinski definition) is 7. The van der Waals surface area contributed by atoms with Crippen LogP contribution in [-0.4, -0.2) is 55.5 Å². The van der Waals surface area contributed by atoms with Gasteiger partial charge in [0.05, 0.1) is 36.2 Å². The molecule has 5 rings (SSSR count). The van der Waals surface area contributed by atoms with Crippen LogP contribution in [0.2, 0.25) is 5.02 Å². The van der Waals surface area contributed by atoms with Crippen molar-refractivity contribution in [2.45, 2.75) is 26.2 Å². The molecule has 45 heavy (non-hydrogen) atoms. The van der Waals surface area contributed by atoms with Gasteiger partial charge in [0.1, 0.15) is 11.6 Å². The Morgan fingerprint density at radius 2 is 1.89 bits per heavy atom. The lowest BCUT2D eigenvalue weighted by Gasteiger charge is -2.30. The molecule has 2 amide bonds. The first-order chi connectivity index (χ1) is 21.7. The number of carbonyl (C=O) groups is 1. The van der Waals surface area contributed by atoms with E-state index >= 15 is 4.39 Å². The van der Waals surface area contributed by atoms with Gasteiger partial charge in [-0.15, -0.1) is 0 Å². The van der Waals surface area contributed by atoms with E-state index in [0.29, 0.717) is 40.3 Å². The number of anilines is 1. The average Bonchev–Trinajstić information content (AvgIpc) is 3.02. The van der Waals surface area contributed by atoms with Crippen LogP contribution in [0.15, 0.2) is 65.9 Å². The summed E-state index contributed by atoms with van der Waals surface area (Å²) >= 11 is 6.03. The minimum atomic E-state index is -0.969. The smallest absolute Gasteiger partial charge is 0.340 e. The molecule has 1 aliphatic heterocycles. The zero-order valence-electron chi connectivity index (χ0n) is 25.0. The second-order valence-electron chi connectivity index (χ2n) is 10.8. The number of nitrogens with zero attached hydrogens (tertiary/aromatic N) is 4. The maximum absolute atomic E-state index is 15.3. The zero-order chi connectivity index (χ0) is 31.9.